The summed E-state index contributed by atoms with van der Waals surface area (Å²) < 4.78 is 6.07. The average Bonchev–Trinajstić information content (AvgIpc) is 2.05. The van der Waals surface area contributed by atoms with Crippen LogP contribution in [0.5, 0.6) is 0 Å². The third kappa shape index (κ3) is 4.66. The van der Waals surface area contributed by atoms with Gasteiger partial charge in [-0.05, 0) is 26.8 Å². The highest BCUT2D eigenvalue weighted by Crippen LogP contribution is 2.12. The standard InChI is InChI=1S/C12H22N2O2/c1-12(2,3)16-11(15)13-10-6-8-14(4,5)9-7-10/h6,8,10H,7,9H2,1-5H3/p+1. The largest absolute Gasteiger partial charge is 0.444 e. The molecule has 0 radical (unpaired) electrons. The van der Waals surface area contributed by atoms with Gasteiger partial charge in [0, 0.05) is 6.42 Å². The number of quaternary nitrogens is 1. The van der Waals surface area contributed by atoms with Crippen LogP contribution in [0.4, 0.5) is 4.79 Å². The summed E-state index contributed by atoms with van der Waals surface area (Å²) in [6.45, 7) is 6.62. The lowest BCUT2D eigenvalue weighted by Gasteiger charge is -2.31. The molecule has 1 atom stereocenters. The molecule has 4 heteroatoms. The summed E-state index contributed by atoms with van der Waals surface area (Å²) in [5.41, 5.74) is -0.433. The maximum absolute atomic E-state index is 11.5. The van der Waals surface area contributed by atoms with E-state index in [0.717, 1.165) is 17.4 Å². The molecule has 0 spiro atoms. The van der Waals surface area contributed by atoms with Crippen molar-refractivity contribution >= 4 is 6.09 Å². The predicted molar refractivity (Wildman–Crippen MR) is 63.9 cm³/mol. The Morgan fingerprint density at radius 1 is 1.44 bits per heavy atom. The summed E-state index contributed by atoms with van der Waals surface area (Å²) in [6, 6.07) is 0.0981. The number of ether oxygens (including phenoxy) is 1. The van der Waals surface area contributed by atoms with Gasteiger partial charge < -0.3 is 14.5 Å². The zero-order chi connectivity index (χ0) is 12.4. The summed E-state index contributed by atoms with van der Waals surface area (Å²) in [6.07, 6.45) is 4.75. The van der Waals surface area contributed by atoms with Crippen LogP contribution >= 0.6 is 0 Å². The Morgan fingerprint density at radius 2 is 2.06 bits per heavy atom. The molecule has 0 aliphatic carbocycles. The molecule has 1 amide bonds. The lowest BCUT2D eigenvalue weighted by molar-refractivity contribution is -0.841. The molecule has 0 bridgehead atoms. The number of amides is 1. The van der Waals surface area contributed by atoms with Crippen LogP contribution in [-0.4, -0.2) is 42.9 Å². The van der Waals surface area contributed by atoms with Gasteiger partial charge in [-0.25, -0.2) is 4.79 Å². The average molecular weight is 227 g/mol. The van der Waals surface area contributed by atoms with E-state index in [-0.39, 0.29) is 12.1 Å². The van der Waals surface area contributed by atoms with Crippen LogP contribution in [0.25, 0.3) is 0 Å². The minimum atomic E-state index is -0.433. The SMILES string of the molecule is CC(C)(C)OC(=O)NC1C=C[N+](C)(C)CC1. The lowest BCUT2D eigenvalue weighted by atomic mass is 10.1. The topological polar surface area (TPSA) is 38.3 Å². The van der Waals surface area contributed by atoms with Crippen molar-refractivity contribution in [1.82, 2.24) is 5.32 Å². The zero-order valence-corrected chi connectivity index (χ0v) is 10.9. The molecule has 1 heterocycles. The highest BCUT2D eigenvalue weighted by Gasteiger charge is 2.24. The molecule has 0 saturated carbocycles. The smallest absolute Gasteiger partial charge is 0.408 e. The Bertz CT molecular complexity index is 290. The molecule has 0 fully saturated rings. The number of nitrogens with zero attached hydrogens (tertiary/aromatic N) is 1. The molecule has 0 aromatic rings. The first-order valence-corrected chi connectivity index (χ1v) is 5.69. The second kappa shape index (κ2) is 4.45. The Balaban J connectivity index is 2.43. The van der Waals surface area contributed by atoms with Gasteiger partial charge in [-0.2, -0.15) is 0 Å². The van der Waals surface area contributed by atoms with Crippen LogP contribution in [0, 0.1) is 0 Å². The van der Waals surface area contributed by atoms with Gasteiger partial charge in [0.15, 0.2) is 0 Å². The van der Waals surface area contributed by atoms with E-state index in [4.69, 9.17) is 4.74 Å². The van der Waals surface area contributed by atoms with E-state index in [1.54, 1.807) is 0 Å². The van der Waals surface area contributed by atoms with Gasteiger partial charge in [0.1, 0.15) is 5.60 Å². The normalized spacial score (nSPS) is 23.9. The number of rotatable bonds is 1. The first kappa shape index (κ1) is 13.0. The van der Waals surface area contributed by atoms with Crippen molar-refractivity contribution in [2.75, 3.05) is 20.6 Å². The van der Waals surface area contributed by atoms with Crippen molar-refractivity contribution in [2.24, 2.45) is 0 Å². The fraction of sp³-hybridized carbons (Fsp3) is 0.750. The highest BCUT2D eigenvalue weighted by molar-refractivity contribution is 5.68. The Kier molecular flexibility index (Phi) is 3.63. The first-order valence-electron chi connectivity index (χ1n) is 5.69. The summed E-state index contributed by atoms with van der Waals surface area (Å²) in [5, 5.41) is 2.86. The highest BCUT2D eigenvalue weighted by atomic mass is 16.6. The molecule has 0 saturated heterocycles. The number of nitrogens with one attached hydrogen (secondary N) is 1. The van der Waals surface area contributed by atoms with Crippen molar-refractivity contribution in [3.8, 4) is 0 Å². The number of carbonyl (C=O) groups is 1. The van der Waals surface area contributed by atoms with Crippen LogP contribution in [-0.2, 0) is 4.74 Å². The van der Waals surface area contributed by atoms with Gasteiger partial charge in [0.25, 0.3) is 0 Å². The number of carbonyl (C=O) groups excluding carboxylic acids is 1. The lowest BCUT2D eigenvalue weighted by Crippen LogP contribution is -2.45. The summed E-state index contributed by atoms with van der Waals surface area (Å²) in [7, 11) is 4.28. The Morgan fingerprint density at radius 3 is 2.50 bits per heavy atom. The van der Waals surface area contributed by atoms with E-state index in [2.05, 4.69) is 25.6 Å². The van der Waals surface area contributed by atoms with E-state index >= 15 is 0 Å². The maximum Gasteiger partial charge on any atom is 0.408 e. The van der Waals surface area contributed by atoms with Gasteiger partial charge in [0.2, 0.25) is 0 Å². The summed E-state index contributed by atoms with van der Waals surface area (Å²) in [5.74, 6) is 0. The molecule has 1 aliphatic rings. The Labute approximate surface area is 97.9 Å². The number of hydrogen-bond donors (Lipinski definition) is 1. The van der Waals surface area contributed by atoms with E-state index in [0.29, 0.717) is 0 Å². The minimum absolute atomic E-state index is 0.0981. The van der Waals surface area contributed by atoms with Crippen LogP contribution in [0.1, 0.15) is 27.2 Å². The van der Waals surface area contributed by atoms with Gasteiger partial charge >= 0.3 is 6.09 Å². The first-order chi connectivity index (χ1) is 7.18. The fourth-order valence-electron chi connectivity index (χ4n) is 1.56. The van der Waals surface area contributed by atoms with Crippen LogP contribution in [0.2, 0.25) is 0 Å². The van der Waals surface area contributed by atoms with Gasteiger partial charge in [-0.1, -0.05) is 0 Å². The van der Waals surface area contributed by atoms with Crippen molar-refractivity contribution in [1.29, 1.82) is 0 Å². The van der Waals surface area contributed by atoms with Crippen molar-refractivity contribution in [3.63, 3.8) is 0 Å². The molecule has 1 aliphatic heterocycles. The predicted octanol–water partition coefficient (Wildman–Crippen LogP) is 1.87. The molecule has 16 heavy (non-hydrogen) atoms. The van der Waals surface area contributed by atoms with E-state index < -0.39 is 5.60 Å². The van der Waals surface area contributed by atoms with Crippen LogP contribution in [0.3, 0.4) is 0 Å². The maximum atomic E-state index is 11.5. The van der Waals surface area contributed by atoms with Crippen molar-refractivity contribution in [2.45, 2.75) is 38.8 Å². The van der Waals surface area contributed by atoms with Crippen molar-refractivity contribution in [3.05, 3.63) is 12.3 Å². The van der Waals surface area contributed by atoms with Gasteiger partial charge in [-0.15, -0.1) is 0 Å². The molecule has 0 aromatic heterocycles. The molecule has 1 unspecified atom stereocenters. The second-order valence-electron chi connectivity index (χ2n) is 5.89. The van der Waals surface area contributed by atoms with Crippen LogP contribution < -0.4 is 5.32 Å². The molecule has 0 aromatic carbocycles. The second-order valence-corrected chi connectivity index (χ2v) is 5.89. The molecular weight excluding hydrogens is 204 g/mol. The van der Waals surface area contributed by atoms with Crippen molar-refractivity contribution < 1.29 is 14.0 Å². The molecular formula is C12H23N2O2+. The molecule has 1 rings (SSSR count). The van der Waals surface area contributed by atoms with Gasteiger partial charge in [0.05, 0.1) is 32.9 Å². The fourth-order valence-corrected chi connectivity index (χ4v) is 1.56. The number of alkyl carbamates (subject to hydrolysis) is 1. The molecule has 92 valence electrons. The molecule has 4 nitrogen and oxygen atoms in total. The quantitative estimate of drug-likeness (QED) is 0.695. The number of hydrogen-bond acceptors (Lipinski definition) is 2. The molecule has 1 N–H and O–H groups in total. The third-order valence-electron chi connectivity index (χ3n) is 2.44. The summed E-state index contributed by atoms with van der Waals surface area (Å²) >= 11 is 0. The minimum Gasteiger partial charge on any atom is -0.444 e. The van der Waals surface area contributed by atoms with E-state index in [9.17, 15) is 4.79 Å². The van der Waals surface area contributed by atoms with E-state index in [1.807, 2.05) is 26.8 Å². The van der Waals surface area contributed by atoms with E-state index in [1.165, 1.54) is 0 Å². The zero-order valence-electron chi connectivity index (χ0n) is 10.9. The van der Waals surface area contributed by atoms with Gasteiger partial charge in [-0.3, -0.25) is 0 Å². The third-order valence-corrected chi connectivity index (χ3v) is 2.44. The van der Waals surface area contributed by atoms with Crippen LogP contribution in [0.15, 0.2) is 12.3 Å². The Hall–Kier alpha value is -1.03. The monoisotopic (exact) mass is 227 g/mol. The summed E-state index contributed by atoms with van der Waals surface area (Å²) in [4.78, 5) is 11.5.